The highest BCUT2D eigenvalue weighted by Gasteiger charge is 2.29. The van der Waals surface area contributed by atoms with E-state index in [4.69, 9.17) is 4.52 Å². The zero-order valence-electron chi connectivity index (χ0n) is 15.1. The molecule has 2 aromatic heterocycles. The van der Waals surface area contributed by atoms with Gasteiger partial charge in [0, 0.05) is 18.5 Å². The van der Waals surface area contributed by atoms with Crippen molar-refractivity contribution in [1.29, 1.82) is 0 Å². The van der Waals surface area contributed by atoms with Gasteiger partial charge in [0.2, 0.25) is 11.7 Å². The molecule has 8 heteroatoms. The summed E-state index contributed by atoms with van der Waals surface area (Å²) in [6.07, 6.45) is 2.82. The molecule has 1 aliphatic carbocycles. The largest absolute Gasteiger partial charge is 0.339 e. The molecule has 0 unspecified atom stereocenters. The average molecular weight is 369 g/mol. The molecular formula is C19H20FN5O2. The quantitative estimate of drug-likeness (QED) is 0.720. The van der Waals surface area contributed by atoms with Gasteiger partial charge in [0.05, 0.1) is 5.69 Å². The van der Waals surface area contributed by atoms with Gasteiger partial charge in [-0.2, -0.15) is 10.1 Å². The van der Waals surface area contributed by atoms with Crippen LogP contribution in [0, 0.1) is 5.82 Å². The number of hydrogen-bond acceptors (Lipinski definition) is 5. The SMILES string of the molecule is CC[C@@H](NC(=O)c1cc(C2CC2)nn1C)c1nc(-c2cccc(F)c2)no1. The Bertz CT molecular complexity index is 976. The van der Waals surface area contributed by atoms with Crippen molar-refractivity contribution in [2.45, 2.75) is 38.1 Å². The number of hydrogen-bond donors (Lipinski definition) is 1. The maximum Gasteiger partial charge on any atom is 0.270 e. The van der Waals surface area contributed by atoms with E-state index in [1.54, 1.807) is 23.9 Å². The molecule has 0 saturated heterocycles. The third-order valence-electron chi connectivity index (χ3n) is 4.66. The second kappa shape index (κ2) is 6.94. The maximum absolute atomic E-state index is 13.4. The van der Waals surface area contributed by atoms with Crippen LogP contribution in [0.3, 0.4) is 0 Å². The van der Waals surface area contributed by atoms with Gasteiger partial charge in [-0.05, 0) is 37.5 Å². The molecule has 1 N–H and O–H groups in total. The normalized spacial score (nSPS) is 14.9. The van der Waals surface area contributed by atoms with E-state index in [2.05, 4.69) is 20.6 Å². The lowest BCUT2D eigenvalue weighted by Crippen LogP contribution is -2.30. The van der Waals surface area contributed by atoms with Crippen molar-refractivity contribution in [3.8, 4) is 11.4 Å². The predicted molar refractivity (Wildman–Crippen MR) is 95.4 cm³/mol. The van der Waals surface area contributed by atoms with Crippen LogP contribution in [-0.2, 0) is 7.05 Å². The first-order valence-electron chi connectivity index (χ1n) is 8.99. The summed E-state index contributed by atoms with van der Waals surface area (Å²) in [6, 6.07) is 7.37. The lowest BCUT2D eigenvalue weighted by Gasteiger charge is -2.12. The summed E-state index contributed by atoms with van der Waals surface area (Å²) in [7, 11) is 1.76. The van der Waals surface area contributed by atoms with E-state index >= 15 is 0 Å². The summed E-state index contributed by atoms with van der Waals surface area (Å²) in [6.45, 7) is 1.91. The minimum Gasteiger partial charge on any atom is -0.339 e. The first-order chi connectivity index (χ1) is 13.0. The highest BCUT2D eigenvalue weighted by Crippen LogP contribution is 2.39. The molecule has 0 bridgehead atoms. The number of benzene rings is 1. The van der Waals surface area contributed by atoms with Crippen molar-refractivity contribution in [2.75, 3.05) is 0 Å². The number of carbonyl (C=O) groups is 1. The number of carbonyl (C=O) groups excluding carboxylic acids is 1. The summed E-state index contributed by atoms with van der Waals surface area (Å²) in [4.78, 5) is 17.0. The van der Waals surface area contributed by atoms with Crippen LogP contribution in [0.5, 0.6) is 0 Å². The van der Waals surface area contributed by atoms with Crippen molar-refractivity contribution in [3.63, 3.8) is 0 Å². The minimum absolute atomic E-state index is 0.241. The fourth-order valence-corrected chi connectivity index (χ4v) is 2.97. The lowest BCUT2D eigenvalue weighted by atomic mass is 10.2. The van der Waals surface area contributed by atoms with Gasteiger partial charge in [0.1, 0.15) is 17.6 Å². The molecule has 4 rings (SSSR count). The Morgan fingerprint density at radius 2 is 2.22 bits per heavy atom. The van der Waals surface area contributed by atoms with Crippen molar-refractivity contribution >= 4 is 5.91 Å². The van der Waals surface area contributed by atoms with Crippen molar-refractivity contribution < 1.29 is 13.7 Å². The lowest BCUT2D eigenvalue weighted by molar-refractivity contribution is 0.0917. The third-order valence-corrected chi connectivity index (χ3v) is 4.66. The highest BCUT2D eigenvalue weighted by atomic mass is 19.1. The number of rotatable bonds is 6. The molecule has 0 aliphatic heterocycles. The van der Waals surface area contributed by atoms with E-state index in [9.17, 15) is 9.18 Å². The van der Waals surface area contributed by atoms with E-state index in [1.165, 1.54) is 12.1 Å². The zero-order chi connectivity index (χ0) is 19.0. The van der Waals surface area contributed by atoms with Gasteiger partial charge in [-0.15, -0.1) is 0 Å². The molecule has 1 amide bonds. The second-order valence-electron chi connectivity index (χ2n) is 6.75. The van der Waals surface area contributed by atoms with Gasteiger partial charge in [-0.3, -0.25) is 9.48 Å². The molecule has 27 heavy (non-hydrogen) atoms. The molecule has 1 aliphatic rings. The Hall–Kier alpha value is -3.03. The summed E-state index contributed by atoms with van der Waals surface area (Å²) >= 11 is 0. The standard InChI is InChI=1S/C19H20FN5O2/c1-3-14(19-22-17(24-27-19)12-5-4-6-13(20)9-12)21-18(26)16-10-15(11-7-8-11)23-25(16)2/h4-6,9-11,14H,3,7-8H2,1-2H3,(H,21,26)/t14-/m1/s1. The number of aromatic nitrogens is 4. The van der Waals surface area contributed by atoms with Gasteiger partial charge < -0.3 is 9.84 Å². The zero-order valence-corrected chi connectivity index (χ0v) is 15.1. The smallest absolute Gasteiger partial charge is 0.270 e. The van der Waals surface area contributed by atoms with Gasteiger partial charge in [0.15, 0.2) is 0 Å². The van der Waals surface area contributed by atoms with Crippen LogP contribution in [0.4, 0.5) is 4.39 Å². The predicted octanol–water partition coefficient (Wildman–Crippen LogP) is 3.37. The number of nitrogens with zero attached hydrogens (tertiary/aromatic N) is 4. The van der Waals surface area contributed by atoms with Crippen LogP contribution in [0.15, 0.2) is 34.9 Å². The van der Waals surface area contributed by atoms with Gasteiger partial charge in [-0.25, -0.2) is 4.39 Å². The Morgan fingerprint density at radius 1 is 1.41 bits per heavy atom. The van der Waals surface area contributed by atoms with E-state index in [0.717, 1.165) is 18.5 Å². The Labute approximate surface area is 155 Å². The fourth-order valence-electron chi connectivity index (χ4n) is 2.97. The number of amides is 1. The van der Waals surface area contributed by atoms with Crippen LogP contribution in [0.1, 0.15) is 60.2 Å². The fraction of sp³-hybridized carbons (Fsp3) is 0.368. The van der Waals surface area contributed by atoms with Crippen LogP contribution in [0.25, 0.3) is 11.4 Å². The maximum atomic E-state index is 13.4. The van der Waals surface area contributed by atoms with E-state index in [-0.39, 0.29) is 23.4 Å². The molecule has 0 radical (unpaired) electrons. The summed E-state index contributed by atoms with van der Waals surface area (Å²) in [5.74, 6) is 0.434. The van der Waals surface area contributed by atoms with Crippen molar-refractivity contribution in [3.05, 3.63) is 53.4 Å². The minimum atomic E-state index is -0.438. The second-order valence-corrected chi connectivity index (χ2v) is 6.75. The van der Waals surface area contributed by atoms with Gasteiger partial charge >= 0.3 is 0 Å². The van der Waals surface area contributed by atoms with Crippen LogP contribution >= 0.6 is 0 Å². The summed E-state index contributed by atoms with van der Waals surface area (Å²) in [5.41, 5.74) is 1.98. The molecule has 3 aromatic rings. The summed E-state index contributed by atoms with van der Waals surface area (Å²) in [5, 5.41) is 11.2. The molecule has 1 aromatic carbocycles. The Morgan fingerprint density at radius 3 is 2.93 bits per heavy atom. The van der Waals surface area contributed by atoms with E-state index in [1.807, 2.05) is 13.0 Å². The molecule has 7 nitrogen and oxygen atoms in total. The van der Waals surface area contributed by atoms with Crippen LogP contribution in [0.2, 0.25) is 0 Å². The topological polar surface area (TPSA) is 85.8 Å². The number of halogens is 1. The Kier molecular flexibility index (Phi) is 4.47. The number of aryl methyl sites for hydroxylation is 1. The average Bonchev–Trinajstić information content (AvgIpc) is 3.25. The van der Waals surface area contributed by atoms with E-state index < -0.39 is 6.04 Å². The molecular weight excluding hydrogens is 349 g/mol. The molecule has 0 spiro atoms. The third kappa shape index (κ3) is 3.60. The first kappa shape index (κ1) is 17.4. The molecule has 1 saturated carbocycles. The van der Waals surface area contributed by atoms with E-state index in [0.29, 0.717) is 23.6 Å². The van der Waals surface area contributed by atoms with Crippen molar-refractivity contribution in [1.82, 2.24) is 25.2 Å². The van der Waals surface area contributed by atoms with Crippen molar-refractivity contribution in [2.24, 2.45) is 7.05 Å². The molecule has 1 atom stereocenters. The van der Waals surface area contributed by atoms with Gasteiger partial charge in [-0.1, -0.05) is 24.2 Å². The van der Waals surface area contributed by atoms with Crippen LogP contribution < -0.4 is 5.32 Å². The first-order valence-corrected chi connectivity index (χ1v) is 8.99. The monoisotopic (exact) mass is 369 g/mol. The molecule has 140 valence electrons. The molecule has 1 fully saturated rings. The van der Waals surface area contributed by atoms with Crippen LogP contribution in [-0.4, -0.2) is 25.8 Å². The molecule has 2 heterocycles. The number of nitrogens with one attached hydrogen (secondary N) is 1. The highest BCUT2D eigenvalue weighted by molar-refractivity contribution is 5.92. The van der Waals surface area contributed by atoms with Gasteiger partial charge in [0.25, 0.3) is 5.91 Å². The Balaban J connectivity index is 1.51. The summed E-state index contributed by atoms with van der Waals surface area (Å²) < 4.78 is 20.3.